The van der Waals surface area contributed by atoms with E-state index in [0.29, 0.717) is 5.56 Å². The molecular weight excluding hydrogens is 200 g/mol. The molecule has 1 aliphatic heterocycles. The third-order valence-electron chi connectivity index (χ3n) is 3.01. The van der Waals surface area contributed by atoms with E-state index in [4.69, 9.17) is 5.26 Å². The molecule has 0 saturated carbocycles. The topological polar surface area (TPSA) is 44.1 Å². The van der Waals surface area contributed by atoms with E-state index < -0.39 is 0 Å². The van der Waals surface area contributed by atoms with Crippen LogP contribution in [0.2, 0.25) is 0 Å². The van der Waals surface area contributed by atoms with E-state index in [2.05, 4.69) is 11.0 Å². The van der Waals surface area contributed by atoms with Crippen molar-refractivity contribution >= 4 is 12.0 Å². The van der Waals surface area contributed by atoms with Crippen LogP contribution < -0.4 is 4.90 Å². The number of benzene rings is 1. The van der Waals surface area contributed by atoms with Crippen molar-refractivity contribution in [2.24, 2.45) is 5.92 Å². The summed E-state index contributed by atoms with van der Waals surface area (Å²) in [5.41, 5.74) is 1.78. The predicted molar refractivity (Wildman–Crippen MR) is 62.2 cm³/mol. The number of carbonyl (C=O) groups excluding carboxylic acids is 1. The second-order valence-corrected chi connectivity index (χ2v) is 4.14. The van der Waals surface area contributed by atoms with Gasteiger partial charge in [-0.3, -0.25) is 0 Å². The Morgan fingerprint density at radius 2 is 2.12 bits per heavy atom. The number of nitrogens with zero attached hydrogens (tertiary/aromatic N) is 2. The Hall–Kier alpha value is -1.82. The second-order valence-electron chi connectivity index (χ2n) is 4.14. The number of anilines is 1. The van der Waals surface area contributed by atoms with Crippen LogP contribution in [-0.2, 0) is 4.79 Å². The Balaban J connectivity index is 2.11. The fraction of sp³-hybridized carbons (Fsp3) is 0.385. The molecule has 1 saturated heterocycles. The van der Waals surface area contributed by atoms with Gasteiger partial charge in [0.05, 0.1) is 11.6 Å². The number of carbonyl (C=O) groups is 1. The minimum Gasteiger partial charge on any atom is -0.371 e. The Labute approximate surface area is 95.3 Å². The van der Waals surface area contributed by atoms with Crippen molar-refractivity contribution in [3.63, 3.8) is 0 Å². The van der Waals surface area contributed by atoms with Gasteiger partial charge in [-0.1, -0.05) is 0 Å². The molecule has 1 unspecified atom stereocenters. The third-order valence-corrected chi connectivity index (χ3v) is 3.01. The molecular formula is C13H14N2O. The lowest BCUT2D eigenvalue weighted by Gasteiger charge is -2.32. The summed E-state index contributed by atoms with van der Waals surface area (Å²) in [5.74, 6) is 0.157. The maximum atomic E-state index is 10.8. The van der Waals surface area contributed by atoms with E-state index in [-0.39, 0.29) is 5.92 Å². The molecule has 0 aromatic heterocycles. The number of piperidine rings is 1. The first kappa shape index (κ1) is 10.7. The van der Waals surface area contributed by atoms with E-state index in [1.807, 2.05) is 24.3 Å². The van der Waals surface area contributed by atoms with Gasteiger partial charge in [-0.2, -0.15) is 5.26 Å². The number of hydrogen-bond donors (Lipinski definition) is 0. The lowest BCUT2D eigenvalue weighted by atomic mass is 9.99. The summed E-state index contributed by atoms with van der Waals surface area (Å²) in [5, 5.41) is 8.71. The summed E-state index contributed by atoms with van der Waals surface area (Å²) in [7, 11) is 0. The number of hydrogen-bond acceptors (Lipinski definition) is 3. The van der Waals surface area contributed by atoms with Gasteiger partial charge >= 0.3 is 0 Å². The molecule has 3 nitrogen and oxygen atoms in total. The van der Waals surface area contributed by atoms with Gasteiger partial charge in [-0.15, -0.1) is 0 Å². The molecule has 1 aromatic rings. The van der Waals surface area contributed by atoms with Gasteiger partial charge in [0, 0.05) is 24.7 Å². The fourth-order valence-electron chi connectivity index (χ4n) is 2.10. The molecule has 82 valence electrons. The van der Waals surface area contributed by atoms with Gasteiger partial charge in [0.2, 0.25) is 0 Å². The Kier molecular flexibility index (Phi) is 3.21. The molecule has 16 heavy (non-hydrogen) atoms. The van der Waals surface area contributed by atoms with Gasteiger partial charge in [-0.25, -0.2) is 0 Å². The maximum Gasteiger partial charge on any atom is 0.124 e. The maximum absolute atomic E-state index is 10.8. The van der Waals surface area contributed by atoms with Crippen molar-refractivity contribution in [1.82, 2.24) is 0 Å². The molecule has 0 radical (unpaired) electrons. The standard InChI is InChI=1S/C13H14N2O/c14-8-11-3-5-13(6-4-11)15-7-1-2-12(9-15)10-16/h3-6,10,12H,1-2,7,9H2. The normalized spacial score (nSPS) is 20.2. The molecule has 0 spiro atoms. The molecule has 0 amide bonds. The minimum atomic E-state index is 0.157. The predicted octanol–water partition coefficient (Wildman–Crippen LogP) is 1.97. The zero-order valence-electron chi connectivity index (χ0n) is 9.10. The Bertz CT molecular complexity index is 405. The largest absolute Gasteiger partial charge is 0.371 e. The molecule has 0 bridgehead atoms. The molecule has 0 N–H and O–H groups in total. The quantitative estimate of drug-likeness (QED) is 0.707. The lowest BCUT2D eigenvalue weighted by molar-refractivity contribution is -0.111. The summed E-state index contributed by atoms with van der Waals surface area (Å²) < 4.78 is 0. The summed E-state index contributed by atoms with van der Waals surface area (Å²) >= 11 is 0. The van der Waals surface area contributed by atoms with Crippen molar-refractivity contribution in [2.75, 3.05) is 18.0 Å². The van der Waals surface area contributed by atoms with Crippen LogP contribution in [0.15, 0.2) is 24.3 Å². The number of rotatable bonds is 2. The smallest absolute Gasteiger partial charge is 0.124 e. The minimum absolute atomic E-state index is 0.157. The first-order valence-electron chi connectivity index (χ1n) is 5.54. The van der Waals surface area contributed by atoms with Crippen molar-refractivity contribution < 1.29 is 4.79 Å². The summed E-state index contributed by atoms with van der Waals surface area (Å²) in [4.78, 5) is 13.0. The van der Waals surface area contributed by atoms with Crippen LogP contribution in [0.25, 0.3) is 0 Å². The highest BCUT2D eigenvalue weighted by molar-refractivity contribution is 5.57. The highest BCUT2D eigenvalue weighted by Gasteiger charge is 2.19. The average molecular weight is 214 g/mol. The highest BCUT2D eigenvalue weighted by atomic mass is 16.1. The monoisotopic (exact) mass is 214 g/mol. The Morgan fingerprint density at radius 1 is 1.38 bits per heavy atom. The van der Waals surface area contributed by atoms with E-state index >= 15 is 0 Å². The van der Waals surface area contributed by atoms with Crippen molar-refractivity contribution in [3.8, 4) is 6.07 Å². The third kappa shape index (κ3) is 2.22. The van der Waals surface area contributed by atoms with Crippen LogP contribution in [0.5, 0.6) is 0 Å². The molecule has 1 aliphatic rings. The van der Waals surface area contributed by atoms with Crippen LogP contribution in [0, 0.1) is 17.2 Å². The van der Waals surface area contributed by atoms with E-state index in [1.54, 1.807) is 0 Å². The van der Waals surface area contributed by atoms with Crippen molar-refractivity contribution in [2.45, 2.75) is 12.8 Å². The van der Waals surface area contributed by atoms with Gasteiger partial charge in [0.15, 0.2) is 0 Å². The van der Waals surface area contributed by atoms with Crippen LogP contribution in [0.4, 0.5) is 5.69 Å². The molecule has 1 heterocycles. The first-order chi connectivity index (χ1) is 7.83. The number of nitriles is 1. The Morgan fingerprint density at radius 3 is 2.75 bits per heavy atom. The SMILES string of the molecule is N#Cc1ccc(N2CCCC(C=O)C2)cc1. The van der Waals surface area contributed by atoms with Crippen LogP contribution in [0.1, 0.15) is 18.4 Å². The average Bonchev–Trinajstić information content (AvgIpc) is 2.39. The zero-order valence-corrected chi connectivity index (χ0v) is 9.10. The molecule has 1 fully saturated rings. The van der Waals surface area contributed by atoms with Gasteiger partial charge in [0.1, 0.15) is 6.29 Å². The molecule has 2 rings (SSSR count). The highest BCUT2D eigenvalue weighted by Crippen LogP contribution is 2.22. The van der Waals surface area contributed by atoms with Gasteiger partial charge in [0.25, 0.3) is 0 Å². The number of aldehydes is 1. The van der Waals surface area contributed by atoms with Gasteiger partial charge in [-0.05, 0) is 37.1 Å². The molecule has 1 aromatic carbocycles. The van der Waals surface area contributed by atoms with Crippen LogP contribution in [-0.4, -0.2) is 19.4 Å². The van der Waals surface area contributed by atoms with E-state index in [0.717, 1.165) is 37.9 Å². The summed E-state index contributed by atoms with van der Waals surface area (Å²) in [6.45, 7) is 1.80. The second kappa shape index (κ2) is 4.80. The molecule has 3 heteroatoms. The van der Waals surface area contributed by atoms with Gasteiger partial charge < -0.3 is 9.69 Å². The first-order valence-corrected chi connectivity index (χ1v) is 5.54. The van der Waals surface area contributed by atoms with E-state index in [9.17, 15) is 4.79 Å². The van der Waals surface area contributed by atoms with Crippen LogP contribution >= 0.6 is 0 Å². The van der Waals surface area contributed by atoms with Crippen LogP contribution in [0.3, 0.4) is 0 Å². The lowest BCUT2D eigenvalue weighted by Crippen LogP contribution is -2.35. The fourth-order valence-corrected chi connectivity index (χ4v) is 2.10. The summed E-state index contributed by atoms with van der Waals surface area (Å²) in [6.07, 6.45) is 3.11. The molecule has 1 atom stereocenters. The summed E-state index contributed by atoms with van der Waals surface area (Å²) in [6, 6.07) is 9.64. The van der Waals surface area contributed by atoms with E-state index in [1.165, 1.54) is 0 Å². The molecule has 0 aliphatic carbocycles. The van der Waals surface area contributed by atoms with Crippen molar-refractivity contribution in [3.05, 3.63) is 29.8 Å². The van der Waals surface area contributed by atoms with Crippen molar-refractivity contribution in [1.29, 1.82) is 5.26 Å². The zero-order chi connectivity index (χ0) is 11.4.